The first kappa shape index (κ1) is 10.5. The Labute approximate surface area is 94.0 Å². The van der Waals surface area contributed by atoms with Gasteiger partial charge in [0.2, 0.25) is 5.91 Å². The quantitative estimate of drug-likeness (QED) is 0.776. The van der Waals surface area contributed by atoms with Gasteiger partial charge in [-0.1, -0.05) is 29.3 Å². The first-order valence-electron chi connectivity index (χ1n) is 5.65. The van der Waals surface area contributed by atoms with Crippen LogP contribution in [0.15, 0.2) is 0 Å². The zero-order chi connectivity index (χ0) is 10.1. The minimum Gasteiger partial charge on any atom is -0.352 e. The molecule has 2 nitrogen and oxygen atoms in total. The minimum atomic E-state index is 0.00151. The minimum absolute atomic E-state index is 0.00151. The van der Waals surface area contributed by atoms with Crippen LogP contribution in [0.3, 0.4) is 0 Å². The average Bonchev–Trinajstić information content (AvgIpc) is 2.77. The molecule has 0 aromatic heterocycles. The summed E-state index contributed by atoms with van der Waals surface area (Å²) in [5.41, 5.74) is 0. The van der Waals surface area contributed by atoms with E-state index in [2.05, 4.69) is 21.2 Å². The zero-order valence-electron chi connectivity index (χ0n) is 8.63. The summed E-state index contributed by atoms with van der Waals surface area (Å²) < 4.78 is 0. The lowest BCUT2D eigenvalue weighted by molar-refractivity contribution is -0.121. The Morgan fingerprint density at radius 2 is 2.29 bits per heavy atom. The van der Waals surface area contributed by atoms with Gasteiger partial charge in [-0.25, -0.2) is 0 Å². The Morgan fingerprint density at radius 1 is 1.50 bits per heavy atom. The van der Waals surface area contributed by atoms with Gasteiger partial charge in [-0.3, -0.25) is 4.79 Å². The van der Waals surface area contributed by atoms with Gasteiger partial charge >= 0.3 is 0 Å². The lowest BCUT2D eigenvalue weighted by Gasteiger charge is -2.23. The van der Waals surface area contributed by atoms with E-state index >= 15 is 0 Å². The summed E-state index contributed by atoms with van der Waals surface area (Å²) in [6.07, 6.45) is 6.16. The van der Waals surface area contributed by atoms with Crippen molar-refractivity contribution in [1.29, 1.82) is 0 Å². The van der Waals surface area contributed by atoms with Gasteiger partial charge in [0.25, 0.3) is 0 Å². The van der Waals surface area contributed by atoms with Crippen molar-refractivity contribution in [3.8, 4) is 0 Å². The van der Waals surface area contributed by atoms with Crippen molar-refractivity contribution in [2.24, 2.45) is 11.8 Å². The second kappa shape index (κ2) is 4.21. The second-order valence-electron chi connectivity index (χ2n) is 4.67. The van der Waals surface area contributed by atoms with Crippen LogP contribution in [0.25, 0.3) is 0 Å². The number of hydrogen-bond acceptors (Lipinski definition) is 1. The second-order valence-corrected chi connectivity index (χ2v) is 5.77. The van der Waals surface area contributed by atoms with Crippen LogP contribution < -0.4 is 5.32 Å². The van der Waals surface area contributed by atoms with Crippen molar-refractivity contribution >= 4 is 21.8 Å². The van der Waals surface area contributed by atoms with Crippen LogP contribution in [0.2, 0.25) is 0 Å². The fourth-order valence-corrected chi connectivity index (χ4v) is 3.01. The van der Waals surface area contributed by atoms with E-state index in [1.807, 2.05) is 6.92 Å². The van der Waals surface area contributed by atoms with Gasteiger partial charge in [0.1, 0.15) is 0 Å². The third kappa shape index (κ3) is 1.97. The van der Waals surface area contributed by atoms with E-state index in [-0.39, 0.29) is 10.7 Å². The molecule has 2 aliphatic rings. The fraction of sp³-hybridized carbons (Fsp3) is 0.909. The number of halogens is 1. The molecule has 4 unspecified atom stereocenters. The number of carbonyl (C=O) groups excluding carboxylic acids is 1. The summed E-state index contributed by atoms with van der Waals surface area (Å²) in [4.78, 5) is 11.6. The molecule has 80 valence electrons. The van der Waals surface area contributed by atoms with E-state index in [1.165, 1.54) is 25.7 Å². The summed E-state index contributed by atoms with van der Waals surface area (Å²) in [6, 6.07) is 0.479. The molecule has 1 N–H and O–H groups in total. The molecule has 0 heterocycles. The maximum absolute atomic E-state index is 11.6. The van der Waals surface area contributed by atoms with E-state index in [9.17, 15) is 4.79 Å². The van der Waals surface area contributed by atoms with Crippen LogP contribution >= 0.6 is 15.9 Å². The smallest absolute Gasteiger partial charge is 0.233 e. The standard InChI is InChI=1S/C11H18BrNO/c1-2-9(12)11(14)13-10-6-7-3-4-8(10)5-7/h7-10H,2-6H2,1H3,(H,13,14). The molecule has 3 heteroatoms. The lowest BCUT2D eigenvalue weighted by Crippen LogP contribution is -2.41. The molecule has 0 radical (unpaired) electrons. The van der Waals surface area contributed by atoms with Crippen LogP contribution in [-0.2, 0) is 4.79 Å². The van der Waals surface area contributed by atoms with E-state index in [1.54, 1.807) is 0 Å². The van der Waals surface area contributed by atoms with Gasteiger partial charge in [-0.05, 0) is 37.5 Å². The highest BCUT2D eigenvalue weighted by molar-refractivity contribution is 9.10. The molecule has 2 fully saturated rings. The van der Waals surface area contributed by atoms with Crippen LogP contribution in [-0.4, -0.2) is 16.8 Å². The first-order chi connectivity index (χ1) is 6.70. The molecular weight excluding hydrogens is 242 g/mol. The summed E-state index contributed by atoms with van der Waals surface area (Å²) in [7, 11) is 0. The van der Waals surface area contributed by atoms with Crippen LogP contribution in [0.4, 0.5) is 0 Å². The molecule has 1 amide bonds. The molecule has 2 bridgehead atoms. The lowest BCUT2D eigenvalue weighted by atomic mass is 9.95. The highest BCUT2D eigenvalue weighted by Crippen LogP contribution is 2.44. The van der Waals surface area contributed by atoms with Gasteiger partial charge in [0.05, 0.1) is 4.83 Å². The van der Waals surface area contributed by atoms with Crippen molar-refractivity contribution in [3.63, 3.8) is 0 Å². The Balaban J connectivity index is 1.84. The molecule has 2 aliphatic carbocycles. The summed E-state index contributed by atoms with van der Waals surface area (Å²) >= 11 is 3.39. The predicted molar refractivity (Wildman–Crippen MR) is 60.4 cm³/mol. The molecule has 0 aromatic carbocycles. The Kier molecular flexibility index (Phi) is 3.15. The Morgan fingerprint density at radius 3 is 2.79 bits per heavy atom. The summed E-state index contributed by atoms with van der Waals surface area (Å²) in [5.74, 6) is 1.87. The van der Waals surface area contributed by atoms with Gasteiger partial charge in [0.15, 0.2) is 0 Å². The van der Waals surface area contributed by atoms with E-state index in [4.69, 9.17) is 0 Å². The molecule has 14 heavy (non-hydrogen) atoms. The maximum Gasteiger partial charge on any atom is 0.233 e. The highest BCUT2D eigenvalue weighted by atomic mass is 79.9. The van der Waals surface area contributed by atoms with Crippen LogP contribution in [0.5, 0.6) is 0 Å². The van der Waals surface area contributed by atoms with Gasteiger partial charge in [-0.2, -0.15) is 0 Å². The van der Waals surface area contributed by atoms with E-state index < -0.39 is 0 Å². The predicted octanol–water partition coefficient (Wildman–Crippen LogP) is 2.46. The SMILES string of the molecule is CCC(Br)C(=O)NC1CC2CCC1C2. The molecule has 0 saturated heterocycles. The highest BCUT2D eigenvalue weighted by Gasteiger charge is 2.40. The number of rotatable bonds is 3. The molecule has 2 rings (SSSR count). The Hall–Kier alpha value is -0.0500. The molecule has 4 atom stereocenters. The molecule has 0 spiro atoms. The van der Waals surface area contributed by atoms with Crippen molar-refractivity contribution in [1.82, 2.24) is 5.32 Å². The topological polar surface area (TPSA) is 29.1 Å². The van der Waals surface area contributed by atoms with E-state index in [0.29, 0.717) is 6.04 Å². The number of carbonyl (C=O) groups is 1. The maximum atomic E-state index is 11.6. The Bertz CT molecular complexity index is 231. The number of fused-ring (bicyclic) bond motifs is 2. The van der Waals surface area contributed by atoms with Crippen LogP contribution in [0, 0.1) is 11.8 Å². The summed E-state index contributed by atoms with van der Waals surface area (Å²) in [6.45, 7) is 2.03. The van der Waals surface area contributed by atoms with Gasteiger partial charge in [-0.15, -0.1) is 0 Å². The molecule has 0 aliphatic heterocycles. The van der Waals surface area contributed by atoms with Crippen molar-refractivity contribution in [3.05, 3.63) is 0 Å². The third-order valence-electron chi connectivity index (χ3n) is 3.71. The number of nitrogens with one attached hydrogen (secondary N) is 1. The van der Waals surface area contributed by atoms with Crippen molar-refractivity contribution in [2.45, 2.75) is 49.9 Å². The van der Waals surface area contributed by atoms with Gasteiger partial charge < -0.3 is 5.32 Å². The number of amides is 1. The van der Waals surface area contributed by atoms with Crippen molar-refractivity contribution in [2.75, 3.05) is 0 Å². The summed E-state index contributed by atoms with van der Waals surface area (Å²) in [5, 5.41) is 3.18. The number of alkyl halides is 1. The zero-order valence-corrected chi connectivity index (χ0v) is 10.2. The van der Waals surface area contributed by atoms with Crippen LogP contribution in [0.1, 0.15) is 39.0 Å². The fourth-order valence-electron chi connectivity index (χ4n) is 2.88. The normalized spacial score (nSPS) is 37.1. The van der Waals surface area contributed by atoms with E-state index in [0.717, 1.165) is 18.3 Å². The monoisotopic (exact) mass is 259 g/mol. The van der Waals surface area contributed by atoms with Gasteiger partial charge in [0, 0.05) is 6.04 Å². The average molecular weight is 260 g/mol. The molecule has 2 saturated carbocycles. The first-order valence-corrected chi connectivity index (χ1v) is 6.56. The largest absolute Gasteiger partial charge is 0.352 e. The molecule has 0 aromatic rings. The molecular formula is C11H18BrNO. The third-order valence-corrected chi connectivity index (χ3v) is 4.77. The number of hydrogen-bond donors (Lipinski definition) is 1. The van der Waals surface area contributed by atoms with Crippen molar-refractivity contribution < 1.29 is 4.79 Å².